The lowest BCUT2D eigenvalue weighted by molar-refractivity contribution is 0.0698. The highest BCUT2D eigenvalue weighted by Crippen LogP contribution is 2.21. The van der Waals surface area contributed by atoms with Gasteiger partial charge in [-0.25, -0.2) is 8.42 Å². The van der Waals surface area contributed by atoms with Crippen molar-refractivity contribution in [3.63, 3.8) is 0 Å². The Balaban J connectivity index is 1.71. The maximum atomic E-state index is 12.8. The second-order valence-corrected chi connectivity index (χ2v) is 8.83. The van der Waals surface area contributed by atoms with Crippen LogP contribution in [-0.4, -0.2) is 49.7 Å². The highest BCUT2D eigenvalue weighted by molar-refractivity contribution is 7.89. The standard InChI is InChI=1S/C19H21ClN2O3S/c1-14-6-7-18(12-15(14)2)26(24,25)22-10-8-21(9-11-22)19(23)16-4-3-5-17(20)13-16/h3-7,12-13H,8-11H2,1-2H3. The molecule has 1 saturated heterocycles. The smallest absolute Gasteiger partial charge is 0.253 e. The lowest BCUT2D eigenvalue weighted by atomic mass is 10.1. The van der Waals surface area contributed by atoms with Gasteiger partial charge >= 0.3 is 0 Å². The minimum atomic E-state index is -3.55. The summed E-state index contributed by atoms with van der Waals surface area (Å²) in [5.74, 6) is -0.129. The molecular formula is C19H21ClN2O3S. The third kappa shape index (κ3) is 3.77. The molecular weight excluding hydrogens is 372 g/mol. The van der Waals surface area contributed by atoms with Crippen LogP contribution in [0.2, 0.25) is 5.02 Å². The maximum absolute atomic E-state index is 12.8. The number of aryl methyl sites for hydroxylation is 2. The van der Waals surface area contributed by atoms with Crippen LogP contribution in [0, 0.1) is 13.8 Å². The van der Waals surface area contributed by atoms with E-state index in [0.717, 1.165) is 11.1 Å². The van der Waals surface area contributed by atoms with Gasteiger partial charge in [-0.1, -0.05) is 23.7 Å². The number of sulfonamides is 1. The minimum absolute atomic E-state index is 0.129. The summed E-state index contributed by atoms with van der Waals surface area (Å²) in [7, 11) is -3.55. The number of halogens is 1. The van der Waals surface area contributed by atoms with Gasteiger partial charge in [-0.2, -0.15) is 4.31 Å². The molecule has 1 aliphatic rings. The third-order valence-electron chi connectivity index (χ3n) is 4.71. The maximum Gasteiger partial charge on any atom is 0.253 e. The molecule has 3 rings (SSSR count). The Hall–Kier alpha value is -1.89. The highest BCUT2D eigenvalue weighted by Gasteiger charge is 2.30. The van der Waals surface area contributed by atoms with Crippen molar-refractivity contribution in [1.82, 2.24) is 9.21 Å². The fraction of sp³-hybridized carbons (Fsp3) is 0.316. The molecule has 5 nitrogen and oxygen atoms in total. The average Bonchev–Trinajstić information content (AvgIpc) is 2.63. The van der Waals surface area contributed by atoms with Crippen LogP contribution in [0.3, 0.4) is 0 Å². The summed E-state index contributed by atoms with van der Waals surface area (Å²) in [5.41, 5.74) is 2.52. The van der Waals surface area contributed by atoms with E-state index in [2.05, 4.69) is 0 Å². The van der Waals surface area contributed by atoms with E-state index in [1.165, 1.54) is 4.31 Å². The van der Waals surface area contributed by atoms with Crippen molar-refractivity contribution in [2.24, 2.45) is 0 Å². The molecule has 0 aromatic heterocycles. The molecule has 0 radical (unpaired) electrons. The summed E-state index contributed by atoms with van der Waals surface area (Å²) < 4.78 is 27.1. The van der Waals surface area contributed by atoms with Gasteiger partial charge in [0.2, 0.25) is 10.0 Å². The molecule has 7 heteroatoms. The van der Waals surface area contributed by atoms with Crippen molar-refractivity contribution in [3.05, 3.63) is 64.2 Å². The molecule has 2 aromatic carbocycles. The van der Waals surface area contributed by atoms with Crippen LogP contribution >= 0.6 is 11.6 Å². The van der Waals surface area contributed by atoms with Crippen LogP contribution in [0.4, 0.5) is 0 Å². The Kier molecular flexibility index (Phi) is 5.37. The summed E-state index contributed by atoms with van der Waals surface area (Å²) >= 11 is 5.94. The van der Waals surface area contributed by atoms with E-state index in [9.17, 15) is 13.2 Å². The van der Waals surface area contributed by atoms with Crippen LogP contribution in [0.1, 0.15) is 21.5 Å². The third-order valence-corrected chi connectivity index (χ3v) is 6.84. The Morgan fingerprint density at radius 2 is 1.65 bits per heavy atom. The van der Waals surface area contributed by atoms with Gasteiger partial charge < -0.3 is 4.90 Å². The molecule has 0 bridgehead atoms. The molecule has 1 amide bonds. The number of carbonyl (C=O) groups excluding carboxylic acids is 1. The van der Waals surface area contributed by atoms with Gasteiger partial charge in [-0.05, 0) is 55.3 Å². The van der Waals surface area contributed by atoms with Crippen molar-refractivity contribution in [3.8, 4) is 0 Å². The normalized spacial score (nSPS) is 15.9. The molecule has 0 saturated carbocycles. The van der Waals surface area contributed by atoms with E-state index < -0.39 is 10.0 Å². The van der Waals surface area contributed by atoms with Crippen LogP contribution in [0.25, 0.3) is 0 Å². The Morgan fingerprint density at radius 3 is 2.27 bits per heavy atom. The molecule has 1 fully saturated rings. The molecule has 2 aromatic rings. The first kappa shape index (κ1) is 18.9. The van der Waals surface area contributed by atoms with Gasteiger partial charge in [0.15, 0.2) is 0 Å². The van der Waals surface area contributed by atoms with Crippen molar-refractivity contribution < 1.29 is 13.2 Å². The zero-order valence-electron chi connectivity index (χ0n) is 14.8. The quantitative estimate of drug-likeness (QED) is 0.806. The number of rotatable bonds is 3. The number of nitrogens with zero attached hydrogens (tertiary/aromatic N) is 2. The average molecular weight is 393 g/mol. The Labute approximate surface area is 159 Å². The first-order chi connectivity index (χ1) is 12.3. The predicted octanol–water partition coefficient (Wildman–Crippen LogP) is 3.10. The van der Waals surface area contributed by atoms with Gasteiger partial charge in [-0.3, -0.25) is 4.79 Å². The summed E-state index contributed by atoms with van der Waals surface area (Å²) in [6, 6.07) is 12.0. The summed E-state index contributed by atoms with van der Waals surface area (Å²) in [6.07, 6.45) is 0. The topological polar surface area (TPSA) is 57.7 Å². The highest BCUT2D eigenvalue weighted by atomic mass is 35.5. The van der Waals surface area contributed by atoms with Crippen LogP contribution in [0.5, 0.6) is 0 Å². The van der Waals surface area contributed by atoms with E-state index in [1.54, 1.807) is 41.3 Å². The van der Waals surface area contributed by atoms with Crippen molar-refractivity contribution in [2.45, 2.75) is 18.7 Å². The van der Waals surface area contributed by atoms with Crippen LogP contribution in [-0.2, 0) is 10.0 Å². The lowest BCUT2D eigenvalue weighted by Crippen LogP contribution is -2.50. The molecule has 1 aliphatic heterocycles. The summed E-state index contributed by atoms with van der Waals surface area (Å²) in [6.45, 7) is 5.12. The van der Waals surface area contributed by atoms with E-state index in [1.807, 2.05) is 19.9 Å². The molecule has 0 unspecified atom stereocenters. The van der Waals surface area contributed by atoms with Gasteiger partial charge in [0, 0.05) is 36.8 Å². The van der Waals surface area contributed by atoms with Crippen molar-refractivity contribution in [1.29, 1.82) is 0 Å². The predicted molar refractivity (Wildman–Crippen MR) is 102 cm³/mol. The number of benzene rings is 2. The number of hydrogen-bond donors (Lipinski definition) is 0. The van der Waals surface area contributed by atoms with E-state index in [0.29, 0.717) is 28.6 Å². The molecule has 0 N–H and O–H groups in total. The molecule has 0 atom stereocenters. The molecule has 0 spiro atoms. The first-order valence-corrected chi connectivity index (χ1v) is 10.2. The number of hydrogen-bond acceptors (Lipinski definition) is 3. The number of amides is 1. The van der Waals surface area contributed by atoms with Crippen LogP contribution < -0.4 is 0 Å². The van der Waals surface area contributed by atoms with Crippen molar-refractivity contribution in [2.75, 3.05) is 26.2 Å². The van der Waals surface area contributed by atoms with E-state index in [-0.39, 0.29) is 19.0 Å². The monoisotopic (exact) mass is 392 g/mol. The minimum Gasteiger partial charge on any atom is -0.336 e. The van der Waals surface area contributed by atoms with Gasteiger partial charge in [0.05, 0.1) is 4.90 Å². The number of carbonyl (C=O) groups is 1. The van der Waals surface area contributed by atoms with Gasteiger partial charge in [-0.15, -0.1) is 0 Å². The first-order valence-electron chi connectivity index (χ1n) is 8.41. The SMILES string of the molecule is Cc1ccc(S(=O)(=O)N2CCN(C(=O)c3cccc(Cl)c3)CC2)cc1C. The largest absolute Gasteiger partial charge is 0.336 e. The summed E-state index contributed by atoms with van der Waals surface area (Å²) in [5, 5.41) is 0.506. The lowest BCUT2D eigenvalue weighted by Gasteiger charge is -2.34. The van der Waals surface area contributed by atoms with Gasteiger partial charge in [0.25, 0.3) is 5.91 Å². The second-order valence-electron chi connectivity index (χ2n) is 6.45. The molecule has 138 valence electrons. The molecule has 26 heavy (non-hydrogen) atoms. The van der Waals surface area contributed by atoms with Crippen molar-refractivity contribution >= 4 is 27.5 Å². The Bertz CT molecular complexity index is 936. The number of piperazine rings is 1. The molecule has 1 heterocycles. The van der Waals surface area contributed by atoms with E-state index >= 15 is 0 Å². The summed E-state index contributed by atoms with van der Waals surface area (Å²) in [4.78, 5) is 14.5. The fourth-order valence-corrected chi connectivity index (χ4v) is 4.66. The van der Waals surface area contributed by atoms with Crippen LogP contribution in [0.15, 0.2) is 47.4 Å². The fourth-order valence-electron chi connectivity index (χ4n) is 2.96. The molecule has 0 aliphatic carbocycles. The zero-order chi connectivity index (χ0) is 18.9. The zero-order valence-corrected chi connectivity index (χ0v) is 16.3. The van der Waals surface area contributed by atoms with Gasteiger partial charge in [0.1, 0.15) is 0 Å². The Morgan fingerprint density at radius 1 is 0.962 bits per heavy atom. The second kappa shape index (κ2) is 7.39. The van der Waals surface area contributed by atoms with E-state index in [4.69, 9.17) is 11.6 Å².